The van der Waals surface area contributed by atoms with E-state index in [1.165, 1.54) is 18.0 Å². The maximum atomic E-state index is 14.6. The van der Waals surface area contributed by atoms with Gasteiger partial charge in [0.15, 0.2) is 0 Å². The fourth-order valence-corrected chi connectivity index (χ4v) is 7.09. The molecule has 1 aromatic carbocycles. The molecule has 17 heteroatoms. The molecule has 0 aromatic heterocycles. The number of amides is 6. The molecule has 2 aliphatic heterocycles. The zero-order chi connectivity index (χ0) is 42.9. The van der Waals surface area contributed by atoms with Gasteiger partial charge in [-0.25, -0.2) is 22.3 Å². The number of nitrogens with one attached hydrogen (secondary N) is 4. The number of hydrogen-bond donors (Lipinski definition) is 4. The highest BCUT2D eigenvalue weighted by molar-refractivity contribution is 7.88. The van der Waals surface area contributed by atoms with Crippen molar-refractivity contribution in [1.82, 2.24) is 35.4 Å². The second kappa shape index (κ2) is 19.8. The Morgan fingerprint density at radius 2 is 1.65 bits per heavy atom. The lowest BCUT2D eigenvalue weighted by atomic mass is 9.85. The summed E-state index contributed by atoms with van der Waals surface area (Å²) in [5, 5.41) is 10.8. The number of likely N-dealkylation sites (tertiary alicyclic amines) is 1. The van der Waals surface area contributed by atoms with Gasteiger partial charge in [-0.15, -0.1) is 6.58 Å². The lowest BCUT2D eigenvalue weighted by Crippen LogP contribution is -2.62. The summed E-state index contributed by atoms with van der Waals surface area (Å²) in [6.07, 6.45) is 2.90. The average molecular weight is 818 g/mol. The fourth-order valence-electron chi connectivity index (χ4n) is 6.67. The molecule has 16 nitrogen and oxygen atoms in total. The lowest BCUT2D eigenvalue weighted by molar-refractivity contribution is -0.143. The van der Waals surface area contributed by atoms with Crippen molar-refractivity contribution in [2.24, 2.45) is 10.8 Å². The number of ketones is 1. The molecule has 3 rings (SSSR count). The van der Waals surface area contributed by atoms with Crippen molar-refractivity contribution in [2.45, 2.75) is 117 Å². The average Bonchev–Trinajstić information content (AvgIpc) is 3.55. The first-order valence-corrected chi connectivity index (χ1v) is 21.4. The van der Waals surface area contributed by atoms with Gasteiger partial charge in [-0.05, 0) is 34.8 Å². The van der Waals surface area contributed by atoms with E-state index in [0.717, 1.165) is 21.7 Å². The smallest absolute Gasteiger partial charge is 0.410 e. The summed E-state index contributed by atoms with van der Waals surface area (Å²) in [5.41, 5.74) is 0.643. The molecule has 5 atom stereocenters. The predicted octanol–water partition coefficient (Wildman–Crippen LogP) is 2.72. The Labute approximate surface area is 337 Å². The highest BCUT2D eigenvalue weighted by Gasteiger charge is 2.47. The number of nitrogens with zero attached hydrogens (tertiary/aromatic N) is 3. The minimum atomic E-state index is -3.57. The molecular weight excluding hydrogens is 755 g/mol. The van der Waals surface area contributed by atoms with E-state index in [2.05, 4.69) is 27.8 Å². The molecule has 1 unspecified atom stereocenters. The van der Waals surface area contributed by atoms with Crippen LogP contribution in [0.1, 0.15) is 85.3 Å². The van der Waals surface area contributed by atoms with Gasteiger partial charge in [-0.2, -0.15) is 0 Å². The van der Waals surface area contributed by atoms with Gasteiger partial charge in [0.1, 0.15) is 18.2 Å². The number of unbranched alkanes of at least 4 members (excludes halogenated alkanes) is 1. The quantitative estimate of drug-likeness (QED) is 0.143. The summed E-state index contributed by atoms with van der Waals surface area (Å²) >= 11 is 0. The maximum absolute atomic E-state index is 14.6. The van der Waals surface area contributed by atoms with Crippen LogP contribution in [0.3, 0.4) is 0 Å². The molecule has 0 spiro atoms. The first-order chi connectivity index (χ1) is 26.5. The Kier molecular flexibility index (Phi) is 16.3. The van der Waals surface area contributed by atoms with Crippen molar-refractivity contribution >= 4 is 45.7 Å². The summed E-state index contributed by atoms with van der Waals surface area (Å²) in [4.78, 5) is 84.7. The number of urea groups is 1. The molecule has 0 saturated carbocycles. The highest BCUT2D eigenvalue weighted by Crippen LogP contribution is 2.29. The summed E-state index contributed by atoms with van der Waals surface area (Å²) in [7, 11) is -2.15. The van der Waals surface area contributed by atoms with Gasteiger partial charge in [0.05, 0.1) is 18.8 Å². The Morgan fingerprint density at radius 3 is 2.23 bits per heavy atom. The Hall–Kier alpha value is -4.51. The summed E-state index contributed by atoms with van der Waals surface area (Å²) in [5.74, 6) is -3.08. The number of carbonyl (C=O) groups excluding carboxylic acids is 6. The molecule has 1 aromatic rings. The molecule has 2 heterocycles. The second-order valence-electron chi connectivity index (χ2n) is 17.1. The van der Waals surface area contributed by atoms with Crippen molar-refractivity contribution in [2.75, 3.05) is 39.5 Å². The zero-order valence-corrected chi connectivity index (χ0v) is 35.8. The predicted molar refractivity (Wildman–Crippen MR) is 216 cm³/mol. The molecule has 318 valence electrons. The lowest BCUT2D eigenvalue weighted by Gasteiger charge is -2.37. The van der Waals surface area contributed by atoms with Gasteiger partial charge in [0.2, 0.25) is 27.6 Å². The van der Waals surface area contributed by atoms with E-state index in [1.54, 1.807) is 25.7 Å². The molecule has 1 fully saturated rings. The molecule has 0 aliphatic carbocycles. The standard InChI is InChI=1S/C40H63N7O9S/c1-11-13-18-29(32(48)35(50)41-20-12-2)42-34(49)30-22-28(56-38(53)46-21-19-26-16-14-15-17-27(26)23-46)24-47(30)36(51)33(40(6,7)8)44-37(52)43-31(39(3,4)5)25-45(9)57(10,54)55/h12,14-17,28-31,33H,2,11,13,18-25H2,1,3-10H3,(H,41,50)(H,42,49)(H2,43,44,52)/t28-,29?,30+,31-,33-/m1/s1. The topological polar surface area (TPSA) is 204 Å². The Bertz CT molecular complexity index is 1760. The third-order valence-corrected chi connectivity index (χ3v) is 11.6. The van der Waals surface area contributed by atoms with Crippen LogP contribution in [-0.4, -0.2) is 128 Å². The Balaban J connectivity index is 1.92. The highest BCUT2D eigenvalue weighted by atomic mass is 32.2. The minimum absolute atomic E-state index is 0.0303. The monoisotopic (exact) mass is 817 g/mol. The van der Waals surface area contributed by atoms with Gasteiger partial charge in [-0.3, -0.25) is 19.2 Å². The van der Waals surface area contributed by atoms with Crippen molar-refractivity contribution in [3.05, 3.63) is 48.0 Å². The van der Waals surface area contributed by atoms with Crippen LogP contribution in [0, 0.1) is 10.8 Å². The number of carbonyl (C=O) groups is 6. The van der Waals surface area contributed by atoms with Gasteiger partial charge in [-0.1, -0.05) is 91.6 Å². The number of ether oxygens (including phenoxy) is 1. The van der Waals surface area contributed by atoms with E-state index < -0.39 is 86.8 Å². The largest absolute Gasteiger partial charge is 0.444 e. The van der Waals surface area contributed by atoms with Crippen LogP contribution in [0.4, 0.5) is 9.59 Å². The molecule has 57 heavy (non-hydrogen) atoms. The van der Waals surface area contributed by atoms with Crippen LogP contribution in [0.15, 0.2) is 36.9 Å². The maximum Gasteiger partial charge on any atom is 0.410 e. The summed E-state index contributed by atoms with van der Waals surface area (Å²) in [6, 6.07) is 2.79. The molecule has 1 saturated heterocycles. The molecule has 4 N–H and O–H groups in total. The number of likely N-dealkylation sites (N-methyl/N-ethyl adjacent to an activating group) is 1. The molecular formula is C40H63N7O9S. The molecule has 0 bridgehead atoms. The SMILES string of the molecule is C=CCNC(=O)C(=O)C(CCCC)NC(=O)[C@@H]1C[C@@H](OC(=O)N2CCc3ccccc3C2)CN1C(=O)[C@@H](NC(=O)N[C@H](CN(C)S(C)(=O)=O)C(C)(C)C)C(C)(C)C. The molecule has 0 radical (unpaired) electrons. The minimum Gasteiger partial charge on any atom is -0.444 e. The Morgan fingerprint density at radius 1 is 1.00 bits per heavy atom. The summed E-state index contributed by atoms with van der Waals surface area (Å²) < 4.78 is 31.5. The molecule has 2 aliphatic rings. The fraction of sp³-hybridized carbons (Fsp3) is 0.650. The zero-order valence-electron chi connectivity index (χ0n) is 35.0. The van der Waals surface area contributed by atoms with Gasteiger partial charge < -0.3 is 35.8 Å². The first kappa shape index (κ1) is 46.9. The van der Waals surface area contributed by atoms with E-state index in [1.807, 2.05) is 52.0 Å². The number of benzene rings is 1. The van der Waals surface area contributed by atoms with E-state index in [0.29, 0.717) is 32.4 Å². The van der Waals surface area contributed by atoms with Crippen molar-refractivity contribution in [3.8, 4) is 0 Å². The normalized spacial score (nSPS) is 18.8. The van der Waals surface area contributed by atoms with E-state index in [4.69, 9.17) is 4.74 Å². The number of hydrogen-bond acceptors (Lipinski definition) is 9. The van der Waals surface area contributed by atoms with Crippen LogP contribution >= 0.6 is 0 Å². The van der Waals surface area contributed by atoms with Crippen LogP contribution in [0.25, 0.3) is 0 Å². The van der Waals surface area contributed by atoms with Gasteiger partial charge >= 0.3 is 12.1 Å². The van der Waals surface area contributed by atoms with Crippen molar-refractivity contribution in [1.29, 1.82) is 0 Å². The van der Waals surface area contributed by atoms with Crippen molar-refractivity contribution in [3.63, 3.8) is 0 Å². The van der Waals surface area contributed by atoms with Crippen LogP contribution in [0.5, 0.6) is 0 Å². The number of fused-ring (bicyclic) bond motifs is 1. The number of Topliss-reactive ketones (excluding diaryl/α,β-unsaturated/α-hetero) is 1. The van der Waals surface area contributed by atoms with Crippen LogP contribution in [0.2, 0.25) is 0 Å². The van der Waals surface area contributed by atoms with Gasteiger partial charge in [0.25, 0.3) is 5.91 Å². The van der Waals surface area contributed by atoms with E-state index in [9.17, 15) is 37.2 Å². The third-order valence-electron chi connectivity index (χ3n) is 10.4. The number of sulfonamides is 1. The van der Waals surface area contributed by atoms with Gasteiger partial charge in [0, 0.05) is 45.7 Å². The second-order valence-corrected chi connectivity index (χ2v) is 19.2. The van der Waals surface area contributed by atoms with E-state index >= 15 is 0 Å². The summed E-state index contributed by atoms with van der Waals surface area (Å²) in [6.45, 7) is 16.8. The van der Waals surface area contributed by atoms with Crippen LogP contribution in [-0.2, 0) is 46.9 Å². The van der Waals surface area contributed by atoms with Crippen LogP contribution < -0.4 is 21.3 Å². The molecule has 6 amide bonds. The third kappa shape index (κ3) is 13.3. The van der Waals surface area contributed by atoms with E-state index in [-0.39, 0.29) is 32.5 Å². The van der Waals surface area contributed by atoms with Crippen molar-refractivity contribution < 1.29 is 41.9 Å². The first-order valence-electron chi connectivity index (χ1n) is 19.5. The number of rotatable bonds is 16.